The highest BCUT2D eigenvalue weighted by atomic mass is 19.1. The fourth-order valence-corrected chi connectivity index (χ4v) is 1.31. The van der Waals surface area contributed by atoms with Gasteiger partial charge >= 0.3 is 0 Å². The normalized spacial score (nSPS) is 10.4. The summed E-state index contributed by atoms with van der Waals surface area (Å²) < 4.78 is 31.1. The lowest BCUT2D eigenvalue weighted by Crippen LogP contribution is -2.11. The van der Waals surface area contributed by atoms with Crippen LogP contribution in [0.2, 0.25) is 0 Å². The van der Waals surface area contributed by atoms with Crippen LogP contribution in [0, 0.1) is 11.6 Å². The molecular formula is C10H13F2NO2. The third-order valence-electron chi connectivity index (χ3n) is 2.07. The number of nitrogens with one attached hydrogen (secondary N) is 1. The largest absolute Gasteiger partial charge is 0.503 e. The van der Waals surface area contributed by atoms with Gasteiger partial charge in [0.15, 0.2) is 17.3 Å². The van der Waals surface area contributed by atoms with Crippen molar-refractivity contribution < 1.29 is 18.6 Å². The van der Waals surface area contributed by atoms with Gasteiger partial charge in [-0.15, -0.1) is 0 Å². The fraction of sp³-hybridized carbons (Fsp3) is 0.400. The Kier molecular flexibility index (Phi) is 3.85. The standard InChI is InChI=1S/C10H13F2NO2/c1-13-4-3-6-5-7(11)9(14)8(12)10(6)15-2/h5,13-14H,3-4H2,1-2H3. The molecule has 1 rings (SSSR count). The molecule has 0 aliphatic carbocycles. The molecule has 0 aliphatic rings. The van der Waals surface area contributed by atoms with Gasteiger partial charge in [-0.25, -0.2) is 4.39 Å². The average Bonchev–Trinajstić information content (AvgIpc) is 2.23. The first-order valence-electron chi connectivity index (χ1n) is 4.50. The number of phenols is 1. The predicted octanol–water partition coefficient (Wildman–Crippen LogP) is 1.44. The van der Waals surface area contributed by atoms with Crippen LogP contribution >= 0.6 is 0 Å². The van der Waals surface area contributed by atoms with Gasteiger partial charge in [0.1, 0.15) is 0 Å². The Morgan fingerprint density at radius 3 is 2.67 bits per heavy atom. The average molecular weight is 217 g/mol. The van der Waals surface area contributed by atoms with Gasteiger partial charge in [-0.1, -0.05) is 0 Å². The van der Waals surface area contributed by atoms with Crippen LogP contribution in [-0.2, 0) is 6.42 Å². The fourth-order valence-electron chi connectivity index (χ4n) is 1.31. The molecular weight excluding hydrogens is 204 g/mol. The quantitative estimate of drug-likeness (QED) is 0.801. The highest BCUT2D eigenvalue weighted by molar-refractivity contribution is 5.43. The Balaban J connectivity index is 3.13. The second-order valence-corrected chi connectivity index (χ2v) is 3.07. The summed E-state index contributed by atoms with van der Waals surface area (Å²) in [5.41, 5.74) is 0.389. The smallest absolute Gasteiger partial charge is 0.209 e. The van der Waals surface area contributed by atoms with Gasteiger partial charge in [-0.2, -0.15) is 4.39 Å². The minimum absolute atomic E-state index is 0.107. The van der Waals surface area contributed by atoms with Crippen molar-refractivity contribution in [2.75, 3.05) is 20.7 Å². The molecule has 0 radical (unpaired) electrons. The van der Waals surface area contributed by atoms with Crippen molar-refractivity contribution in [3.8, 4) is 11.5 Å². The molecule has 0 spiro atoms. The van der Waals surface area contributed by atoms with Crippen LogP contribution in [0.3, 0.4) is 0 Å². The van der Waals surface area contributed by atoms with E-state index in [1.165, 1.54) is 7.11 Å². The Morgan fingerprint density at radius 1 is 1.47 bits per heavy atom. The van der Waals surface area contributed by atoms with Crippen molar-refractivity contribution >= 4 is 0 Å². The van der Waals surface area contributed by atoms with Gasteiger partial charge in [-0.05, 0) is 26.1 Å². The summed E-state index contributed by atoms with van der Waals surface area (Å²) in [5, 5.41) is 11.9. The maximum absolute atomic E-state index is 13.3. The molecule has 5 heteroatoms. The lowest BCUT2D eigenvalue weighted by atomic mass is 10.1. The van der Waals surface area contributed by atoms with E-state index >= 15 is 0 Å². The van der Waals surface area contributed by atoms with E-state index in [-0.39, 0.29) is 5.75 Å². The number of rotatable bonds is 4. The molecule has 0 saturated heterocycles. The molecule has 2 N–H and O–H groups in total. The number of aromatic hydroxyl groups is 1. The number of hydrogen-bond acceptors (Lipinski definition) is 3. The van der Waals surface area contributed by atoms with Crippen LogP contribution in [-0.4, -0.2) is 25.8 Å². The van der Waals surface area contributed by atoms with Crippen molar-refractivity contribution in [1.82, 2.24) is 5.32 Å². The highest BCUT2D eigenvalue weighted by Crippen LogP contribution is 2.32. The van der Waals surface area contributed by atoms with E-state index in [2.05, 4.69) is 5.32 Å². The molecule has 1 aromatic carbocycles. The summed E-state index contributed by atoms with van der Waals surface area (Å²) in [6.45, 7) is 0.569. The predicted molar refractivity (Wildman–Crippen MR) is 52.2 cm³/mol. The zero-order valence-corrected chi connectivity index (χ0v) is 8.60. The Labute approximate surface area is 86.7 Å². The molecule has 0 atom stereocenters. The Hall–Kier alpha value is -1.36. The topological polar surface area (TPSA) is 41.5 Å². The molecule has 84 valence electrons. The first-order valence-corrected chi connectivity index (χ1v) is 4.50. The molecule has 1 aromatic rings. The van der Waals surface area contributed by atoms with E-state index in [1.54, 1.807) is 7.05 Å². The SMILES string of the molecule is CNCCc1cc(F)c(O)c(F)c1OC. The molecule has 0 bridgehead atoms. The first kappa shape index (κ1) is 11.7. The van der Waals surface area contributed by atoms with Gasteiger partial charge in [-0.3, -0.25) is 0 Å². The molecule has 0 aliphatic heterocycles. The monoisotopic (exact) mass is 217 g/mol. The molecule has 15 heavy (non-hydrogen) atoms. The molecule has 0 amide bonds. The minimum atomic E-state index is -1.05. The van der Waals surface area contributed by atoms with Crippen LogP contribution in [0.25, 0.3) is 0 Å². The van der Waals surface area contributed by atoms with Gasteiger partial charge in [0.2, 0.25) is 5.82 Å². The first-order chi connectivity index (χ1) is 7.11. The van der Waals surface area contributed by atoms with E-state index in [9.17, 15) is 8.78 Å². The van der Waals surface area contributed by atoms with Crippen molar-refractivity contribution in [1.29, 1.82) is 0 Å². The maximum atomic E-state index is 13.3. The molecule has 0 saturated carbocycles. The number of hydrogen-bond donors (Lipinski definition) is 2. The van der Waals surface area contributed by atoms with E-state index in [0.717, 1.165) is 6.07 Å². The highest BCUT2D eigenvalue weighted by Gasteiger charge is 2.18. The van der Waals surface area contributed by atoms with Gasteiger partial charge in [0, 0.05) is 5.56 Å². The number of halogens is 2. The lowest BCUT2D eigenvalue weighted by Gasteiger charge is -2.10. The lowest BCUT2D eigenvalue weighted by molar-refractivity contribution is 0.346. The van der Waals surface area contributed by atoms with Crippen LogP contribution in [0.5, 0.6) is 11.5 Å². The summed E-state index contributed by atoms with van der Waals surface area (Å²) in [4.78, 5) is 0. The van der Waals surface area contributed by atoms with Crippen LogP contribution in [0.4, 0.5) is 8.78 Å². The van der Waals surface area contributed by atoms with Gasteiger partial charge < -0.3 is 15.2 Å². The minimum Gasteiger partial charge on any atom is -0.503 e. The Bertz CT molecular complexity index is 356. The zero-order valence-electron chi connectivity index (χ0n) is 8.60. The van der Waals surface area contributed by atoms with E-state index in [0.29, 0.717) is 18.5 Å². The number of ether oxygens (including phenoxy) is 1. The number of methoxy groups -OCH3 is 1. The summed E-state index contributed by atoms with van der Waals surface area (Å²) in [7, 11) is 3.01. The summed E-state index contributed by atoms with van der Waals surface area (Å²) in [5.74, 6) is -3.13. The molecule has 3 nitrogen and oxygen atoms in total. The Morgan fingerprint density at radius 2 is 2.13 bits per heavy atom. The van der Waals surface area contributed by atoms with E-state index in [1.807, 2.05) is 0 Å². The van der Waals surface area contributed by atoms with Crippen LogP contribution in [0.1, 0.15) is 5.56 Å². The van der Waals surface area contributed by atoms with Crippen molar-refractivity contribution in [3.63, 3.8) is 0 Å². The van der Waals surface area contributed by atoms with Crippen LogP contribution in [0.15, 0.2) is 6.07 Å². The summed E-state index contributed by atoms with van der Waals surface area (Å²) >= 11 is 0. The molecule has 0 unspecified atom stereocenters. The van der Waals surface area contributed by atoms with Gasteiger partial charge in [0.25, 0.3) is 0 Å². The van der Waals surface area contributed by atoms with Crippen LogP contribution < -0.4 is 10.1 Å². The zero-order chi connectivity index (χ0) is 11.4. The number of phenolic OH excluding ortho intramolecular Hbond substituents is 1. The second-order valence-electron chi connectivity index (χ2n) is 3.07. The third kappa shape index (κ3) is 2.36. The summed E-state index contributed by atoms with van der Waals surface area (Å²) in [6.07, 6.45) is 0.424. The second kappa shape index (κ2) is 4.93. The maximum Gasteiger partial charge on any atom is 0.209 e. The summed E-state index contributed by atoms with van der Waals surface area (Å²) in [6, 6.07) is 1.08. The molecule has 0 aromatic heterocycles. The van der Waals surface area contributed by atoms with E-state index < -0.39 is 17.4 Å². The third-order valence-corrected chi connectivity index (χ3v) is 2.07. The van der Waals surface area contributed by atoms with Crippen molar-refractivity contribution in [2.24, 2.45) is 0 Å². The van der Waals surface area contributed by atoms with Crippen molar-refractivity contribution in [2.45, 2.75) is 6.42 Å². The number of likely N-dealkylation sites (N-methyl/N-ethyl adjacent to an activating group) is 1. The van der Waals surface area contributed by atoms with Crippen molar-refractivity contribution in [3.05, 3.63) is 23.3 Å². The molecule has 0 heterocycles. The number of benzene rings is 1. The van der Waals surface area contributed by atoms with Gasteiger partial charge in [0.05, 0.1) is 7.11 Å². The molecule has 0 fully saturated rings. The van der Waals surface area contributed by atoms with E-state index in [4.69, 9.17) is 9.84 Å².